The number of hydrogen-bond acceptors (Lipinski definition) is 4. The number of likely N-dealkylation sites (N-methyl/N-ethyl adjacent to an activating group) is 1. The van der Waals surface area contributed by atoms with Crippen molar-refractivity contribution in [2.75, 3.05) is 26.7 Å². The van der Waals surface area contributed by atoms with Gasteiger partial charge < -0.3 is 19.9 Å². The lowest BCUT2D eigenvalue weighted by molar-refractivity contribution is -0.274. The molecule has 2 heterocycles. The van der Waals surface area contributed by atoms with E-state index in [4.69, 9.17) is 0 Å². The Kier molecular flexibility index (Phi) is 7.90. The maximum Gasteiger partial charge on any atom is 0.573 e. The maximum absolute atomic E-state index is 14.3. The molecule has 0 radical (unpaired) electrons. The van der Waals surface area contributed by atoms with Crippen molar-refractivity contribution < 1.29 is 36.7 Å². The van der Waals surface area contributed by atoms with E-state index in [9.17, 15) is 31.9 Å². The van der Waals surface area contributed by atoms with Crippen LogP contribution in [0.15, 0.2) is 48.5 Å². The number of ether oxygens (including phenoxy) is 1. The molecule has 1 N–H and O–H groups in total. The van der Waals surface area contributed by atoms with Gasteiger partial charge in [-0.2, -0.15) is 0 Å². The third kappa shape index (κ3) is 5.86. The van der Waals surface area contributed by atoms with Crippen molar-refractivity contribution in [2.45, 2.75) is 45.0 Å². The van der Waals surface area contributed by atoms with Crippen LogP contribution in [0.4, 0.5) is 17.6 Å². The first-order valence-electron chi connectivity index (χ1n) is 12.8. The number of amides is 3. The molecule has 2 aliphatic rings. The fourth-order valence-electron chi connectivity index (χ4n) is 5.66. The average molecular weight is 550 g/mol. The lowest BCUT2D eigenvalue weighted by Crippen LogP contribution is -2.55. The van der Waals surface area contributed by atoms with Crippen LogP contribution >= 0.6 is 0 Å². The van der Waals surface area contributed by atoms with Gasteiger partial charge in [0.25, 0.3) is 5.91 Å². The second-order valence-corrected chi connectivity index (χ2v) is 10.5. The molecule has 7 nitrogen and oxygen atoms in total. The number of halogens is 4. The van der Waals surface area contributed by atoms with E-state index < -0.39 is 52.7 Å². The highest BCUT2D eigenvalue weighted by atomic mass is 19.4. The van der Waals surface area contributed by atoms with E-state index in [1.54, 1.807) is 30.7 Å². The number of carbonyl (C=O) groups excluding carboxylic acids is 3. The number of carbonyl (C=O) groups is 3. The van der Waals surface area contributed by atoms with E-state index in [2.05, 4.69) is 10.1 Å². The van der Waals surface area contributed by atoms with E-state index in [-0.39, 0.29) is 11.8 Å². The van der Waals surface area contributed by atoms with E-state index in [1.165, 1.54) is 0 Å². The van der Waals surface area contributed by atoms with E-state index in [0.29, 0.717) is 44.6 Å². The number of piperidine rings is 1. The van der Waals surface area contributed by atoms with Gasteiger partial charge in [-0.25, -0.2) is 4.39 Å². The lowest BCUT2D eigenvalue weighted by Gasteiger charge is -2.42. The van der Waals surface area contributed by atoms with Crippen LogP contribution in [0.3, 0.4) is 0 Å². The van der Waals surface area contributed by atoms with Gasteiger partial charge in [-0.15, -0.1) is 13.2 Å². The smallest absolute Gasteiger partial charge is 0.406 e. The highest BCUT2D eigenvalue weighted by Gasteiger charge is 2.54. The molecule has 39 heavy (non-hydrogen) atoms. The molecular formula is C28H31F4N3O4. The van der Waals surface area contributed by atoms with Crippen LogP contribution in [-0.2, 0) is 9.59 Å². The van der Waals surface area contributed by atoms with Crippen molar-refractivity contribution in [1.82, 2.24) is 15.1 Å². The Bertz CT molecular complexity index is 1230. The van der Waals surface area contributed by atoms with Gasteiger partial charge in [-0.1, -0.05) is 44.2 Å². The van der Waals surface area contributed by atoms with Crippen molar-refractivity contribution in [1.29, 1.82) is 0 Å². The number of benzene rings is 2. The van der Waals surface area contributed by atoms with Gasteiger partial charge in [-0.3, -0.25) is 14.4 Å². The Morgan fingerprint density at radius 1 is 1.08 bits per heavy atom. The zero-order valence-electron chi connectivity index (χ0n) is 21.9. The molecule has 2 aromatic carbocycles. The third-order valence-corrected chi connectivity index (χ3v) is 7.70. The van der Waals surface area contributed by atoms with Crippen molar-refractivity contribution in [2.24, 2.45) is 11.3 Å². The summed E-state index contributed by atoms with van der Waals surface area (Å²) in [7, 11) is 1.78. The van der Waals surface area contributed by atoms with Crippen LogP contribution in [0.5, 0.6) is 5.75 Å². The highest BCUT2D eigenvalue weighted by Crippen LogP contribution is 2.50. The van der Waals surface area contributed by atoms with Crippen molar-refractivity contribution >= 4 is 17.7 Å². The van der Waals surface area contributed by atoms with Crippen LogP contribution in [0, 0.1) is 17.2 Å². The summed E-state index contributed by atoms with van der Waals surface area (Å²) in [6.07, 6.45) is -4.11. The second kappa shape index (κ2) is 10.9. The largest absolute Gasteiger partial charge is 0.573 e. The monoisotopic (exact) mass is 549 g/mol. The molecule has 2 aliphatic heterocycles. The zero-order valence-corrected chi connectivity index (χ0v) is 21.9. The Morgan fingerprint density at radius 3 is 2.31 bits per heavy atom. The summed E-state index contributed by atoms with van der Waals surface area (Å²) in [6, 6.07) is 10.9. The molecule has 1 spiro atoms. The van der Waals surface area contributed by atoms with Gasteiger partial charge in [0.1, 0.15) is 17.6 Å². The molecule has 0 saturated carbocycles. The van der Waals surface area contributed by atoms with Gasteiger partial charge in [0, 0.05) is 32.6 Å². The Hall–Kier alpha value is -3.63. The molecule has 210 valence electrons. The first-order valence-corrected chi connectivity index (χ1v) is 12.8. The summed E-state index contributed by atoms with van der Waals surface area (Å²) in [4.78, 5) is 43.0. The molecule has 0 aliphatic carbocycles. The Balaban J connectivity index is 1.48. The summed E-state index contributed by atoms with van der Waals surface area (Å²) < 4.78 is 55.9. The molecular weight excluding hydrogens is 518 g/mol. The fraction of sp³-hybridized carbons (Fsp3) is 0.464. The molecule has 0 aromatic heterocycles. The first-order chi connectivity index (χ1) is 18.3. The van der Waals surface area contributed by atoms with E-state index in [0.717, 1.165) is 11.6 Å². The minimum atomic E-state index is -5.01. The molecule has 0 bridgehead atoms. The van der Waals surface area contributed by atoms with E-state index in [1.807, 2.05) is 30.3 Å². The van der Waals surface area contributed by atoms with Crippen LogP contribution in [0.2, 0.25) is 0 Å². The average Bonchev–Trinajstić information content (AvgIpc) is 3.12. The molecule has 2 fully saturated rings. The number of nitrogens with one attached hydrogen (secondary N) is 1. The highest BCUT2D eigenvalue weighted by molar-refractivity contribution is 5.98. The third-order valence-electron chi connectivity index (χ3n) is 7.70. The second-order valence-electron chi connectivity index (χ2n) is 10.5. The normalized spacial score (nSPS) is 19.9. The number of hydrogen-bond donors (Lipinski definition) is 1. The van der Waals surface area contributed by atoms with E-state index >= 15 is 0 Å². The first kappa shape index (κ1) is 28.4. The number of nitrogens with zero attached hydrogens (tertiary/aromatic N) is 2. The molecule has 3 amide bonds. The number of rotatable bonds is 6. The van der Waals surface area contributed by atoms with Crippen molar-refractivity contribution in [3.63, 3.8) is 0 Å². The lowest BCUT2D eigenvalue weighted by atomic mass is 9.68. The Labute approximate surface area is 224 Å². The molecule has 4 rings (SSSR count). The molecule has 11 heteroatoms. The number of likely N-dealkylation sites (tertiary alicyclic amines) is 2. The predicted molar refractivity (Wildman–Crippen MR) is 134 cm³/mol. The summed E-state index contributed by atoms with van der Waals surface area (Å²) in [6.45, 7) is 4.59. The zero-order chi connectivity index (χ0) is 28.5. The van der Waals surface area contributed by atoms with Crippen LogP contribution in [0.1, 0.15) is 48.5 Å². The van der Waals surface area contributed by atoms with Crippen molar-refractivity contribution in [3.05, 3.63) is 65.5 Å². The van der Waals surface area contributed by atoms with Gasteiger partial charge in [0.05, 0.1) is 11.0 Å². The topological polar surface area (TPSA) is 79.0 Å². The van der Waals surface area contributed by atoms with Crippen LogP contribution in [0.25, 0.3) is 0 Å². The van der Waals surface area contributed by atoms with Crippen LogP contribution < -0.4 is 10.1 Å². The van der Waals surface area contributed by atoms with Gasteiger partial charge in [0.15, 0.2) is 0 Å². The quantitative estimate of drug-likeness (QED) is 0.544. The maximum atomic E-state index is 14.3. The predicted octanol–water partition coefficient (Wildman–Crippen LogP) is 4.34. The molecule has 2 aromatic rings. The SMILES string of the molecule is CC(C)[C@@H](NC(=O)c1cc(OC(F)(F)F)ccc1F)C(=O)N1CCC2(CC1)C(=O)N(C)CC2c1ccccc1. The molecule has 2 atom stereocenters. The summed E-state index contributed by atoms with van der Waals surface area (Å²) in [5.41, 5.74) is -0.231. The summed E-state index contributed by atoms with van der Waals surface area (Å²) in [5, 5.41) is 2.49. The van der Waals surface area contributed by atoms with Crippen LogP contribution in [-0.4, -0.2) is 66.6 Å². The summed E-state index contributed by atoms with van der Waals surface area (Å²) >= 11 is 0. The Morgan fingerprint density at radius 2 is 1.72 bits per heavy atom. The van der Waals surface area contributed by atoms with Gasteiger partial charge in [-0.05, 0) is 42.5 Å². The number of alkyl halides is 3. The summed E-state index contributed by atoms with van der Waals surface area (Å²) in [5.74, 6) is -3.58. The van der Waals surface area contributed by atoms with Gasteiger partial charge >= 0.3 is 6.36 Å². The van der Waals surface area contributed by atoms with Crippen molar-refractivity contribution in [3.8, 4) is 5.75 Å². The van der Waals surface area contributed by atoms with Gasteiger partial charge in [0.2, 0.25) is 11.8 Å². The standard InChI is InChI=1S/C28H31F4N3O4/c1-17(2)23(33-24(36)20-15-19(9-10-22(20)29)39-28(30,31)32)25(37)35-13-11-27(12-14-35)21(16-34(3)26(27)38)18-7-5-4-6-8-18/h4-10,15,17,21,23H,11-14,16H2,1-3H3,(H,33,36)/t21?,23-/m1/s1. The molecule has 2 saturated heterocycles. The molecule has 1 unspecified atom stereocenters. The fourth-order valence-corrected chi connectivity index (χ4v) is 5.66. The minimum absolute atomic E-state index is 0.0109. The minimum Gasteiger partial charge on any atom is -0.406 e.